The zero-order valence-corrected chi connectivity index (χ0v) is 17.9. The average Bonchev–Trinajstić information content (AvgIpc) is 3.30. The Hall–Kier alpha value is -4.05. The zero-order valence-electron chi connectivity index (χ0n) is 17.1. The van der Waals surface area contributed by atoms with Crippen LogP contribution < -0.4 is 11.2 Å². The number of benzene rings is 2. The lowest BCUT2D eigenvalue weighted by atomic mass is 10.2. The lowest BCUT2D eigenvalue weighted by molar-refractivity contribution is -0.147. The van der Waals surface area contributed by atoms with Gasteiger partial charge in [-0.3, -0.25) is 14.2 Å². The van der Waals surface area contributed by atoms with E-state index in [0.29, 0.717) is 15.2 Å². The lowest BCUT2D eigenvalue weighted by Crippen LogP contribution is -2.45. The Morgan fingerprint density at radius 2 is 1.73 bits per heavy atom. The number of nitrogens with zero attached hydrogens (tertiary/aromatic N) is 2. The Kier molecular flexibility index (Phi) is 6.18. The molecule has 9 nitrogen and oxygen atoms in total. The van der Waals surface area contributed by atoms with E-state index in [0.717, 1.165) is 4.90 Å². The van der Waals surface area contributed by atoms with Gasteiger partial charge in [0.1, 0.15) is 11.8 Å². The number of hydrogen-bond acceptors (Lipinski definition) is 6. The number of carboxylic acids is 2. The number of rotatable bonds is 8. The molecular formula is C23H18N2O7S. The molecule has 0 aliphatic rings. The summed E-state index contributed by atoms with van der Waals surface area (Å²) < 4.78 is 7.04. The summed E-state index contributed by atoms with van der Waals surface area (Å²) in [5.41, 5.74) is -1.51. The summed E-state index contributed by atoms with van der Waals surface area (Å²) in [6.45, 7) is -0.0623. The van der Waals surface area contributed by atoms with Crippen molar-refractivity contribution in [1.29, 1.82) is 0 Å². The highest BCUT2D eigenvalue weighted by molar-refractivity contribution is 7.99. The molecule has 0 bridgehead atoms. The molecule has 0 radical (unpaired) electrons. The van der Waals surface area contributed by atoms with Crippen LogP contribution >= 0.6 is 11.8 Å². The minimum Gasteiger partial charge on any atom is -0.481 e. The van der Waals surface area contributed by atoms with E-state index in [2.05, 4.69) is 0 Å². The van der Waals surface area contributed by atoms with Gasteiger partial charge in [-0.15, -0.1) is 0 Å². The molecule has 0 aliphatic heterocycles. The van der Waals surface area contributed by atoms with Crippen molar-refractivity contribution in [3.63, 3.8) is 0 Å². The summed E-state index contributed by atoms with van der Waals surface area (Å²) in [6.07, 6.45) is 0.507. The third-order valence-corrected chi connectivity index (χ3v) is 5.98. The van der Waals surface area contributed by atoms with Crippen LogP contribution in [0.1, 0.15) is 18.2 Å². The van der Waals surface area contributed by atoms with Crippen molar-refractivity contribution in [2.75, 3.05) is 0 Å². The van der Waals surface area contributed by atoms with Crippen LogP contribution in [0.3, 0.4) is 0 Å². The summed E-state index contributed by atoms with van der Waals surface area (Å²) in [5.74, 6) is -2.62. The van der Waals surface area contributed by atoms with Crippen molar-refractivity contribution < 1.29 is 24.2 Å². The molecule has 33 heavy (non-hydrogen) atoms. The molecule has 0 saturated carbocycles. The van der Waals surface area contributed by atoms with Gasteiger partial charge in [0.25, 0.3) is 5.56 Å². The van der Waals surface area contributed by atoms with Gasteiger partial charge in [0, 0.05) is 9.79 Å². The molecule has 168 valence electrons. The highest BCUT2D eigenvalue weighted by Crippen LogP contribution is 2.29. The number of aliphatic carboxylic acids is 2. The number of fused-ring (bicyclic) bond motifs is 1. The average molecular weight is 466 g/mol. The topological polar surface area (TPSA) is 132 Å². The van der Waals surface area contributed by atoms with Gasteiger partial charge < -0.3 is 14.6 Å². The largest absolute Gasteiger partial charge is 0.481 e. The van der Waals surface area contributed by atoms with Gasteiger partial charge in [-0.05, 0) is 42.5 Å². The van der Waals surface area contributed by atoms with Gasteiger partial charge in [-0.1, -0.05) is 30.0 Å². The van der Waals surface area contributed by atoms with E-state index in [1.165, 1.54) is 22.6 Å². The predicted molar refractivity (Wildman–Crippen MR) is 120 cm³/mol. The molecule has 0 aliphatic carbocycles. The third kappa shape index (κ3) is 4.60. The van der Waals surface area contributed by atoms with E-state index in [1.807, 2.05) is 30.3 Å². The summed E-state index contributed by atoms with van der Waals surface area (Å²) in [6, 6.07) is 15.8. The minimum atomic E-state index is -1.86. The fourth-order valence-corrected chi connectivity index (χ4v) is 4.38. The zero-order chi connectivity index (χ0) is 23.5. The van der Waals surface area contributed by atoms with E-state index in [9.17, 15) is 24.3 Å². The third-order valence-electron chi connectivity index (χ3n) is 4.98. The lowest BCUT2D eigenvalue weighted by Gasteiger charge is -2.18. The van der Waals surface area contributed by atoms with E-state index in [-0.39, 0.29) is 17.4 Å². The second kappa shape index (κ2) is 9.21. The number of carbonyl (C=O) groups is 2. The molecule has 2 aromatic heterocycles. The fourth-order valence-electron chi connectivity index (χ4n) is 3.50. The molecule has 2 N–H and O–H groups in total. The molecule has 2 heterocycles. The van der Waals surface area contributed by atoms with Gasteiger partial charge in [0.05, 0.1) is 30.1 Å². The molecule has 0 spiro atoms. The molecule has 1 atom stereocenters. The first kappa shape index (κ1) is 22.2. The Morgan fingerprint density at radius 3 is 2.36 bits per heavy atom. The van der Waals surface area contributed by atoms with Crippen molar-refractivity contribution in [2.45, 2.75) is 28.8 Å². The highest BCUT2D eigenvalue weighted by atomic mass is 32.2. The molecule has 4 aromatic rings. The Balaban J connectivity index is 1.95. The Labute approximate surface area is 190 Å². The fraction of sp³-hybridized carbons (Fsp3) is 0.130. The van der Waals surface area contributed by atoms with Gasteiger partial charge in [0.2, 0.25) is 0 Å². The standard InChI is InChI=1S/C23H18N2O7S/c26-20(27)12-19(22(29)30)25-21(28)17-11-16(33-15-6-2-1-3-7-15)8-9-18(17)24(23(25)31)13-14-5-4-10-32-14/h1-11,19H,12-13H2,(H,26,27)(H,29,30)/t19-/m0/s1. The summed E-state index contributed by atoms with van der Waals surface area (Å²) in [5, 5.41) is 18.9. The number of furan rings is 1. The summed E-state index contributed by atoms with van der Waals surface area (Å²) in [7, 11) is 0. The second-order valence-corrected chi connectivity index (χ2v) is 8.32. The van der Waals surface area contributed by atoms with Gasteiger partial charge >= 0.3 is 17.6 Å². The van der Waals surface area contributed by atoms with Crippen molar-refractivity contribution >= 4 is 34.6 Å². The molecule has 0 fully saturated rings. The molecule has 0 unspecified atom stereocenters. The molecule has 2 aromatic carbocycles. The van der Waals surface area contributed by atoms with Gasteiger partial charge in [-0.25, -0.2) is 14.2 Å². The maximum atomic E-state index is 13.3. The molecule has 0 saturated heterocycles. The smallest absolute Gasteiger partial charge is 0.332 e. The summed E-state index contributed by atoms with van der Waals surface area (Å²) in [4.78, 5) is 51.3. The molecular weight excluding hydrogens is 448 g/mol. The van der Waals surface area contributed by atoms with E-state index in [4.69, 9.17) is 9.52 Å². The van der Waals surface area contributed by atoms with E-state index in [1.54, 1.807) is 30.3 Å². The molecule has 0 amide bonds. The van der Waals surface area contributed by atoms with Crippen LogP contribution in [0, 0.1) is 0 Å². The number of aromatic nitrogens is 2. The number of hydrogen-bond donors (Lipinski definition) is 2. The summed E-state index contributed by atoms with van der Waals surface area (Å²) >= 11 is 1.39. The van der Waals surface area contributed by atoms with Crippen LogP contribution in [0.15, 0.2) is 90.7 Å². The van der Waals surface area contributed by atoms with Crippen LogP contribution in [0.4, 0.5) is 0 Å². The van der Waals surface area contributed by atoms with Crippen LogP contribution in [0.25, 0.3) is 10.9 Å². The predicted octanol–water partition coefficient (Wildman–Crippen LogP) is 3.06. The molecule has 10 heteroatoms. The van der Waals surface area contributed by atoms with E-state index < -0.39 is 35.7 Å². The van der Waals surface area contributed by atoms with E-state index >= 15 is 0 Å². The van der Waals surface area contributed by atoms with Crippen molar-refractivity contribution in [3.05, 3.63) is 93.5 Å². The second-order valence-electron chi connectivity index (χ2n) is 7.17. The van der Waals surface area contributed by atoms with Crippen LogP contribution in [-0.2, 0) is 16.1 Å². The highest BCUT2D eigenvalue weighted by Gasteiger charge is 2.28. The minimum absolute atomic E-state index is 0.0623. The Morgan fingerprint density at radius 1 is 0.970 bits per heavy atom. The normalized spacial score (nSPS) is 12.0. The SMILES string of the molecule is O=C(O)C[C@@H](C(=O)O)n1c(=O)c2cc(Sc3ccccc3)ccc2n(Cc2ccco2)c1=O. The van der Waals surface area contributed by atoms with Gasteiger partial charge in [-0.2, -0.15) is 0 Å². The Bertz CT molecular complexity index is 1440. The molecule has 4 rings (SSSR count). The first-order chi connectivity index (χ1) is 15.8. The van der Waals surface area contributed by atoms with Crippen LogP contribution in [0.2, 0.25) is 0 Å². The van der Waals surface area contributed by atoms with Crippen molar-refractivity contribution in [1.82, 2.24) is 9.13 Å². The van der Waals surface area contributed by atoms with Crippen molar-refractivity contribution in [2.24, 2.45) is 0 Å². The maximum absolute atomic E-state index is 13.3. The first-order valence-electron chi connectivity index (χ1n) is 9.84. The first-order valence-corrected chi connectivity index (χ1v) is 10.7. The monoisotopic (exact) mass is 466 g/mol. The number of carboxylic acid groups (broad SMARTS) is 2. The maximum Gasteiger partial charge on any atom is 0.332 e. The van der Waals surface area contributed by atoms with Gasteiger partial charge in [0.15, 0.2) is 0 Å². The van der Waals surface area contributed by atoms with Crippen LogP contribution in [0.5, 0.6) is 0 Å². The van der Waals surface area contributed by atoms with Crippen molar-refractivity contribution in [3.8, 4) is 0 Å². The quantitative estimate of drug-likeness (QED) is 0.405. The van der Waals surface area contributed by atoms with Crippen LogP contribution in [-0.4, -0.2) is 31.3 Å².